The van der Waals surface area contributed by atoms with Crippen LogP contribution >= 0.6 is 11.3 Å². The zero-order chi connectivity index (χ0) is 10.2. The second-order valence-electron chi connectivity index (χ2n) is 3.06. The van der Waals surface area contributed by atoms with Gasteiger partial charge < -0.3 is 10.6 Å². The van der Waals surface area contributed by atoms with E-state index in [9.17, 15) is 4.79 Å². The Balaban J connectivity index is 2.02. The number of hydrogen-bond acceptors (Lipinski definition) is 3. The molecular formula is C10H16N2OS. The summed E-state index contributed by atoms with van der Waals surface area (Å²) in [5.41, 5.74) is 0. The molecule has 0 spiro atoms. The Morgan fingerprint density at radius 3 is 3.07 bits per heavy atom. The first-order valence-electron chi connectivity index (χ1n) is 4.76. The average molecular weight is 212 g/mol. The van der Waals surface area contributed by atoms with Crippen LogP contribution in [-0.2, 0) is 11.2 Å². The van der Waals surface area contributed by atoms with Crippen molar-refractivity contribution < 1.29 is 4.79 Å². The second kappa shape index (κ2) is 6.56. The van der Waals surface area contributed by atoms with Gasteiger partial charge in [-0.3, -0.25) is 4.79 Å². The number of aryl methyl sites for hydroxylation is 1. The minimum Gasteiger partial charge on any atom is -0.355 e. The smallest absolute Gasteiger partial charge is 0.233 e. The average Bonchev–Trinajstić information content (AvgIpc) is 2.65. The number of carbonyl (C=O) groups excluding carboxylic acids is 1. The fourth-order valence-corrected chi connectivity index (χ4v) is 1.92. The van der Waals surface area contributed by atoms with Gasteiger partial charge in [-0.05, 0) is 31.3 Å². The largest absolute Gasteiger partial charge is 0.355 e. The summed E-state index contributed by atoms with van der Waals surface area (Å²) in [4.78, 5) is 12.4. The van der Waals surface area contributed by atoms with Crippen molar-refractivity contribution in [2.75, 3.05) is 20.1 Å². The molecule has 2 N–H and O–H groups in total. The Bertz CT molecular complexity index is 259. The highest BCUT2D eigenvalue weighted by Gasteiger charge is 1.98. The van der Waals surface area contributed by atoms with Gasteiger partial charge in [0, 0.05) is 11.4 Å². The highest BCUT2D eigenvalue weighted by Crippen LogP contribution is 2.09. The maximum absolute atomic E-state index is 11.0. The maximum Gasteiger partial charge on any atom is 0.233 e. The van der Waals surface area contributed by atoms with E-state index in [0.717, 1.165) is 19.4 Å². The number of thiophene rings is 1. The lowest BCUT2D eigenvalue weighted by atomic mass is 10.2. The summed E-state index contributed by atoms with van der Waals surface area (Å²) in [6.07, 6.45) is 2.06. The Labute approximate surface area is 88.5 Å². The number of likely N-dealkylation sites (N-methyl/N-ethyl adjacent to an activating group) is 1. The van der Waals surface area contributed by atoms with E-state index in [1.165, 1.54) is 4.88 Å². The topological polar surface area (TPSA) is 41.1 Å². The summed E-state index contributed by atoms with van der Waals surface area (Å²) in [6.45, 7) is 1.16. The maximum atomic E-state index is 11.0. The zero-order valence-corrected chi connectivity index (χ0v) is 9.19. The van der Waals surface area contributed by atoms with E-state index in [2.05, 4.69) is 28.1 Å². The lowest BCUT2D eigenvalue weighted by Crippen LogP contribution is -2.32. The van der Waals surface area contributed by atoms with Gasteiger partial charge in [0.1, 0.15) is 0 Å². The van der Waals surface area contributed by atoms with Gasteiger partial charge in [0.05, 0.1) is 6.54 Å². The molecule has 0 aliphatic heterocycles. The normalized spacial score (nSPS) is 10.1. The minimum absolute atomic E-state index is 0.0682. The van der Waals surface area contributed by atoms with E-state index in [0.29, 0.717) is 6.54 Å². The second-order valence-corrected chi connectivity index (χ2v) is 4.10. The lowest BCUT2D eigenvalue weighted by Gasteiger charge is -2.03. The molecule has 14 heavy (non-hydrogen) atoms. The molecule has 0 bridgehead atoms. The van der Waals surface area contributed by atoms with E-state index in [4.69, 9.17) is 0 Å². The standard InChI is InChI=1S/C10H16N2OS/c1-11-8-10(13)12-6-2-4-9-5-3-7-14-9/h3,5,7,11H,2,4,6,8H2,1H3,(H,12,13). The number of rotatable bonds is 6. The Morgan fingerprint density at radius 1 is 1.57 bits per heavy atom. The van der Waals surface area contributed by atoms with Crippen molar-refractivity contribution in [1.29, 1.82) is 0 Å². The van der Waals surface area contributed by atoms with Crippen LogP contribution in [0, 0.1) is 0 Å². The molecule has 1 aromatic heterocycles. The van der Waals surface area contributed by atoms with Gasteiger partial charge in [-0.25, -0.2) is 0 Å². The van der Waals surface area contributed by atoms with E-state index in [1.807, 2.05) is 0 Å². The van der Waals surface area contributed by atoms with Crippen LogP contribution in [0.15, 0.2) is 17.5 Å². The third-order valence-corrected chi connectivity index (χ3v) is 2.78. The van der Waals surface area contributed by atoms with Crippen molar-refractivity contribution in [3.05, 3.63) is 22.4 Å². The first kappa shape index (κ1) is 11.2. The molecule has 78 valence electrons. The van der Waals surface area contributed by atoms with Gasteiger partial charge in [-0.15, -0.1) is 11.3 Å². The lowest BCUT2D eigenvalue weighted by molar-refractivity contribution is -0.120. The van der Waals surface area contributed by atoms with Crippen LogP contribution in [0.3, 0.4) is 0 Å². The highest BCUT2D eigenvalue weighted by molar-refractivity contribution is 7.09. The van der Waals surface area contributed by atoms with Crippen molar-refractivity contribution in [3.8, 4) is 0 Å². The Hall–Kier alpha value is -0.870. The van der Waals surface area contributed by atoms with Crippen molar-refractivity contribution in [2.24, 2.45) is 0 Å². The molecule has 0 aliphatic carbocycles. The number of nitrogens with one attached hydrogen (secondary N) is 2. The first-order valence-corrected chi connectivity index (χ1v) is 5.64. The first-order chi connectivity index (χ1) is 6.83. The van der Waals surface area contributed by atoms with Crippen molar-refractivity contribution in [2.45, 2.75) is 12.8 Å². The molecule has 1 heterocycles. The Morgan fingerprint density at radius 2 is 2.43 bits per heavy atom. The molecule has 0 aromatic carbocycles. The molecule has 0 aliphatic rings. The summed E-state index contributed by atoms with van der Waals surface area (Å²) in [5, 5.41) is 7.74. The van der Waals surface area contributed by atoms with Crippen LogP contribution in [0.1, 0.15) is 11.3 Å². The molecule has 0 atom stereocenters. The van der Waals surface area contributed by atoms with Crippen LogP contribution in [-0.4, -0.2) is 26.0 Å². The highest BCUT2D eigenvalue weighted by atomic mass is 32.1. The predicted octanol–water partition coefficient (Wildman–Crippen LogP) is 1.02. The monoisotopic (exact) mass is 212 g/mol. The van der Waals surface area contributed by atoms with Crippen LogP contribution in [0.25, 0.3) is 0 Å². The predicted molar refractivity (Wildman–Crippen MR) is 59.6 cm³/mol. The molecule has 4 heteroatoms. The summed E-state index contributed by atoms with van der Waals surface area (Å²) < 4.78 is 0. The molecule has 0 unspecified atom stereocenters. The Kier molecular flexibility index (Phi) is 5.25. The van der Waals surface area contributed by atoms with E-state index < -0.39 is 0 Å². The molecule has 1 aromatic rings. The third-order valence-electron chi connectivity index (χ3n) is 1.84. The molecule has 0 saturated carbocycles. The molecule has 0 radical (unpaired) electrons. The van der Waals surface area contributed by atoms with E-state index in [-0.39, 0.29) is 5.91 Å². The number of carbonyl (C=O) groups is 1. The van der Waals surface area contributed by atoms with Gasteiger partial charge in [0.15, 0.2) is 0 Å². The molecular weight excluding hydrogens is 196 g/mol. The zero-order valence-electron chi connectivity index (χ0n) is 8.38. The molecule has 0 fully saturated rings. The van der Waals surface area contributed by atoms with Crippen molar-refractivity contribution in [1.82, 2.24) is 10.6 Å². The fourth-order valence-electron chi connectivity index (χ4n) is 1.17. The van der Waals surface area contributed by atoms with Gasteiger partial charge in [-0.2, -0.15) is 0 Å². The minimum atomic E-state index is 0.0682. The quantitative estimate of drug-likeness (QED) is 0.691. The summed E-state index contributed by atoms with van der Waals surface area (Å²) in [5.74, 6) is 0.0682. The van der Waals surface area contributed by atoms with Crippen LogP contribution in [0.5, 0.6) is 0 Å². The van der Waals surface area contributed by atoms with Crippen LogP contribution in [0.4, 0.5) is 0 Å². The van der Waals surface area contributed by atoms with Crippen molar-refractivity contribution in [3.63, 3.8) is 0 Å². The van der Waals surface area contributed by atoms with Gasteiger partial charge in [0.25, 0.3) is 0 Å². The summed E-state index contributed by atoms with van der Waals surface area (Å²) in [6, 6.07) is 4.18. The molecule has 1 rings (SSSR count). The van der Waals surface area contributed by atoms with Gasteiger partial charge in [0.2, 0.25) is 5.91 Å². The third kappa shape index (κ3) is 4.39. The number of amides is 1. The SMILES string of the molecule is CNCC(=O)NCCCc1cccs1. The van der Waals surface area contributed by atoms with Crippen molar-refractivity contribution >= 4 is 17.2 Å². The van der Waals surface area contributed by atoms with Gasteiger partial charge in [-0.1, -0.05) is 6.07 Å². The summed E-state index contributed by atoms with van der Waals surface area (Å²) >= 11 is 1.77. The van der Waals surface area contributed by atoms with E-state index in [1.54, 1.807) is 18.4 Å². The molecule has 3 nitrogen and oxygen atoms in total. The fraction of sp³-hybridized carbons (Fsp3) is 0.500. The molecule has 0 saturated heterocycles. The number of hydrogen-bond donors (Lipinski definition) is 2. The van der Waals surface area contributed by atoms with Crippen LogP contribution in [0.2, 0.25) is 0 Å². The van der Waals surface area contributed by atoms with Gasteiger partial charge >= 0.3 is 0 Å². The molecule has 1 amide bonds. The summed E-state index contributed by atoms with van der Waals surface area (Å²) in [7, 11) is 1.77. The van der Waals surface area contributed by atoms with Crippen LogP contribution < -0.4 is 10.6 Å². The van der Waals surface area contributed by atoms with E-state index >= 15 is 0 Å².